The number of fused-ring (bicyclic) bond motifs is 1. The Bertz CT molecular complexity index is 1110. The highest BCUT2D eigenvalue weighted by Crippen LogP contribution is 2.40. The van der Waals surface area contributed by atoms with E-state index in [0.29, 0.717) is 5.88 Å². The molecule has 0 saturated heterocycles. The van der Waals surface area contributed by atoms with E-state index in [1.165, 1.54) is 29.3 Å². The summed E-state index contributed by atoms with van der Waals surface area (Å²) in [4.78, 5) is 20.1. The van der Waals surface area contributed by atoms with Gasteiger partial charge in [-0.3, -0.25) is 10.1 Å². The molecule has 4 rings (SSSR count). The summed E-state index contributed by atoms with van der Waals surface area (Å²) in [5, 5.41) is 14.0. The van der Waals surface area contributed by atoms with Crippen LogP contribution in [-0.4, -0.2) is 14.9 Å². The Morgan fingerprint density at radius 3 is 2.62 bits per heavy atom. The Hall–Kier alpha value is -3.32. The van der Waals surface area contributed by atoms with Gasteiger partial charge >= 0.3 is 5.69 Å². The van der Waals surface area contributed by atoms with Gasteiger partial charge in [-0.05, 0) is 18.6 Å². The summed E-state index contributed by atoms with van der Waals surface area (Å²) in [5.74, 6) is 0.458. The quantitative estimate of drug-likeness (QED) is 0.360. The maximum atomic E-state index is 11.2. The van der Waals surface area contributed by atoms with Crippen molar-refractivity contribution in [1.82, 2.24) is 9.97 Å². The van der Waals surface area contributed by atoms with Gasteiger partial charge in [0.15, 0.2) is 0 Å². The molecule has 0 aliphatic carbocycles. The first-order chi connectivity index (χ1) is 12.6. The smallest absolute Gasteiger partial charge is 0.311 e. The fraction of sp³-hybridized carbons (Fsp3) is 0.0526. The molecule has 0 aliphatic rings. The van der Waals surface area contributed by atoms with Gasteiger partial charge in [0.1, 0.15) is 11.2 Å². The van der Waals surface area contributed by atoms with Crippen LogP contribution in [0.3, 0.4) is 0 Å². The van der Waals surface area contributed by atoms with Gasteiger partial charge in [0.2, 0.25) is 11.6 Å². The van der Waals surface area contributed by atoms with E-state index in [1.807, 2.05) is 36.6 Å². The van der Waals surface area contributed by atoms with E-state index in [-0.39, 0.29) is 11.4 Å². The average molecular weight is 363 g/mol. The van der Waals surface area contributed by atoms with Crippen LogP contribution in [-0.2, 0) is 0 Å². The Labute approximate surface area is 152 Å². The van der Waals surface area contributed by atoms with Crippen LogP contribution in [0.2, 0.25) is 0 Å². The van der Waals surface area contributed by atoms with Crippen LogP contribution in [0.25, 0.3) is 21.3 Å². The molecule has 0 fully saturated rings. The van der Waals surface area contributed by atoms with Crippen molar-refractivity contribution >= 4 is 27.2 Å². The van der Waals surface area contributed by atoms with Gasteiger partial charge in [-0.25, -0.2) is 9.97 Å². The fourth-order valence-corrected chi connectivity index (χ4v) is 3.58. The van der Waals surface area contributed by atoms with Crippen LogP contribution in [0.5, 0.6) is 11.6 Å². The largest absolute Gasteiger partial charge is 0.431 e. The molecule has 0 aliphatic heterocycles. The third-order valence-electron chi connectivity index (χ3n) is 3.97. The van der Waals surface area contributed by atoms with Crippen LogP contribution in [0.15, 0.2) is 60.2 Å². The van der Waals surface area contributed by atoms with Gasteiger partial charge in [0.25, 0.3) is 0 Å². The number of para-hydroxylation sites is 2. The summed E-state index contributed by atoms with van der Waals surface area (Å²) in [6.07, 6.45) is 1.40. The highest BCUT2D eigenvalue weighted by Gasteiger charge is 2.19. The summed E-state index contributed by atoms with van der Waals surface area (Å²) in [6, 6.07) is 14.4. The highest BCUT2D eigenvalue weighted by atomic mass is 32.1. The molecule has 0 saturated carbocycles. The number of hydrogen-bond acceptors (Lipinski definition) is 6. The lowest BCUT2D eigenvalue weighted by Gasteiger charge is -2.08. The molecule has 0 spiro atoms. The molecule has 0 atom stereocenters. The number of nitrogens with zero attached hydrogens (tertiary/aromatic N) is 3. The zero-order valence-electron chi connectivity index (χ0n) is 13.7. The minimum atomic E-state index is -0.470. The second kappa shape index (κ2) is 6.53. The van der Waals surface area contributed by atoms with Crippen LogP contribution in [0.1, 0.15) is 5.56 Å². The van der Waals surface area contributed by atoms with E-state index in [9.17, 15) is 10.1 Å². The fourth-order valence-electron chi connectivity index (χ4n) is 2.67. The predicted octanol–water partition coefficient (Wildman–Crippen LogP) is 5.37. The number of aromatic nitrogens is 2. The maximum absolute atomic E-state index is 11.2. The van der Waals surface area contributed by atoms with E-state index in [1.54, 1.807) is 18.2 Å². The van der Waals surface area contributed by atoms with E-state index in [0.717, 1.165) is 21.3 Å². The van der Waals surface area contributed by atoms with Gasteiger partial charge in [0, 0.05) is 17.0 Å². The van der Waals surface area contributed by atoms with Gasteiger partial charge in [-0.15, -0.1) is 11.3 Å². The summed E-state index contributed by atoms with van der Waals surface area (Å²) < 4.78 is 5.84. The molecule has 6 nitrogen and oxygen atoms in total. The molecule has 2 aromatic heterocycles. The number of aryl methyl sites for hydroxylation is 1. The normalized spacial score (nSPS) is 10.8. The number of benzene rings is 2. The van der Waals surface area contributed by atoms with Crippen LogP contribution in [0, 0.1) is 17.0 Å². The number of ether oxygens (including phenoxy) is 1. The third-order valence-corrected chi connectivity index (χ3v) is 4.85. The van der Waals surface area contributed by atoms with Crippen molar-refractivity contribution in [2.45, 2.75) is 6.92 Å². The summed E-state index contributed by atoms with van der Waals surface area (Å²) >= 11 is 1.48. The van der Waals surface area contributed by atoms with Crippen molar-refractivity contribution in [2.75, 3.05) is 0 Å². The Kier molecular flexibility index (Phi) is 4.06. The molecule has 4 aromatic rings. The number of hydrogen-bond donors (Lipinski definition) is 0. The topological polar surface area (TPSA) is 78.2 Å². The molecular weight excluding hydrogens is 350 g/mol. The van der Waals surface area contributed by atoms with Crippen molar-refractivity contribution in [3.63, 3.8) is 0 Å². The second-order valence-corrected chi connectivity index (χ2v) is 6.56. The van der Waals surface area contributed by atoms with E-state index in [4.69, 9.17) is 4.74 Å². The number of nitro benzene ring substituents is 1. The molecule has 0 N–H and O–H groups in total. The summed E-state index contributed by atoms with van der Waals surface area (Å²) in [5.41, 5.74) is 3.02. The lowest BCUT2D eigenvalue weighted by atomic mass is 10.0. The Balaban J connectivity index is 1.85. The standard InChI is InChI=1S/C19H13N3O3S/c1-12-6-8-13(9-7-12)14-10-26-19-17(14)18(20-11-21-19)25-16-5-3-2-4-15(16)22(23)24/h2-11H,1H3. The van der Waals surface area contributed by atoms with Crippen molar-refractivity contribution in [1.29, 1.82) is 0 Å². The predicted molar refractivity (Wildman–Crippen MR) is 101 cm³/mol. The molecular formula is C19H13N3O3S. The zero-order valence-corrected chi connectivity index (χ0v) is 14.6. The van der Waals surface area contributed by atoms with Crippen LogP contribution in [0.4, 0.5) is 5.69 Å². The number of nitro groups is 1. The first-order valence-corrected chi connectivity index (χ1v) is 8.72. The van der Waals surface area contributed by atoms with Crippen LogP contribution >= 0.6 is 11.3 Å². The van der Waals surface area contributed by atoms with Gasteiger partial charge in [-0.2, -0.15) is 0 Å². The molecule has 2 aromatic carbocycles. The Morgan fingerprint density at radius 1 is 1.08 bits per heavy atom. The average Bonchev–Trinajstić information content (AvgIpc) is 3.08. The maximum Gasteiger partial charge on any atom is 0.311 e. The molecule has 0 amide bonds. The summed E-state index contributed by atoms with van der Waals surface area (Å²) in [7, 11) is 0. The van der Waals surface area contributed by atoms with E-state index >= 15 is 0 Å². The minimum absolute atomic E-state index is 0.105. The van der Waals surface area contributed by atoms with Gasteiger partial charge in [-0.1, -0.05) is 42.0 Å². The molecule has 7 heteroatoms. The number of thiophene rings is 1. The molecule has 26 heavy (non-hydrogen) atoms. The Morgan fingerprint density at radius 2 is 1.85 bits per heavy atom. The van der Waals surface area contributed by atoms with Crippen LogP contribution < -0.4 is 4.74 Å². The van der Waals surface area contributed by atoms with Gasteiger partial charge in [0.05, 0.1) is 10.3 Å². The SMILES string of the molecule is Cc1ccc(-c2csc3ncnc(Oc4ccccc4[N+](=O)[O-])c23)cc1. The van der Waals surface area contributed by atoms with E-state index in [2.05, 4.69) is 9.97 Å². The molecule has 2 heterocycles. The van der Waals surface area contributed by atoms with Crippen molar-refractivity contribution in [3.05, 3.63) is 75.9 Å². The molecule has 0 unspecified atom stereocenters. The number of rotatable bonds is 4. The zero-order chi connectivity index (χ0) is 18.1. The monoisotopic (exact) mass is 363 g/mol. The lowest BCUT2D eigenvalue weighted by Crippen LogP contribution is -1.95. The second-order valence-electron chi connectivity index (χ2n) is 5.70. The minimum Gasteiger partial charge on any atom is -0.431 e. The molecule has 0 radical (unpaired) electrons. The first-order valence-electron chi connectivity index (χ1n) is 7.84. The van der Waals surface area contributed by atoms with Crippen molar-refractivity contribution in [3.8, 4) is 22.8 Å². The summed E-state index contributed by atoms with van der Waals surface area (Å²) in [6.45, 7) is 2.03. The van der Waals surface area contributed by atoms with Crippen molar-refractivity contribution < 1.29 is 9.66 Å². The molecule has 128 valence electrons. The third kappa shape index (κ3) is 2.89. The van der Waals surface area contributed by atoms with E-state index < -0.39 is 4.92 Å². The van der Waals surface area contributed by atoms with Crippen molar-refractivity contribution in [2.24, 2.45) is 0 Å². The lowest BCUT2D eigenvalue weighted by molar-refractivity contribution is -0.385. The highest BCUT2D eigenvalue weighted by molar-refractivity contribution is 7.17. The molecule has 0 bridgehead atoms. The first kappa shape index (κ1) is 16.2. The van der Waals surface area contributed by atoms with Gasteiger partial charge < -0.3 is 4.74 Å².